The predicted molar refractivity (Wildman–Crippen MR) is 78.9 cm³/mol. The molecule has 0 radical (unpaired) electrons. The molecule has 2 unspecified atom stereocenters. The molecule has 114 valence electrons. The van der Waals surface area contributed by atoms with Crippen molar-refractivity contribution in [3.63, 3.8) is 0 Å². The maximum absolute atomic E-state index is 13.9. The smallest absolute Gasteiger partial charge is 0.244 e. The second-order valence-electron chi connectivity index (χ2n) is 5.26. The third kappa shape index (κ3) is 2.57. The summed E-state index contributed by atoms with van der Waals surface area (Å²) < 4.78 is 46.4. The van der Waals surface area contributed by atoms with Crippen molar-refractivity contribution in [1.82, 2.24) is 4.31 Å². The van der Waals surface area contributed by atoms with Crippen molar-refractivity contribution in [3.05, 3.63) is 29.6 Å². The van der Waals surface area contributed by atoms with Gasteiger partial charge in [-0.25, -0.2) is 12.8 Å². The molecule has 2 heterocycles. The van der Waals surface area contributed by atoms with Gasteiger partial charge in [0.1, 0.15) is 10.8 Å². The quantitative estimate of drug-likeness (QED) is 0.838. The van der Waals surface area contributed by atoms with Gasteiger partial charge in [0.15, 0.2) is 0 Å². The lowest BCUT2D eigenvalue weighted by Crippen LogP contribution is -2.46. The fourth-order valence-corrected chi connectivity index (χ4v) is 4.86. The first kappa shape index (κ1) is 14.8. The topological polar surface area (TPSA) is 72.6 Å². The Morgan fingerprint density at radius 1 is 1.33 bits per heavy atom. The number of thiocarbonyl (C=S) groups is 1. The van der Waals surface area contributed by atoms with Crippen LogP contribution >= 0.6 is 12.2 Å². The van der Waals surface area contributed by atoms with Crippen LogP contribution in [0.4, 0.5) is 4.39 Å². The molecule has 0 aliphatic carbocycles. The molecule has 2 bridgehead atoms. The average molecular weight is 330 g/mol. The Morgan fingerprint density at radius 3 is 2.52 bits per heavy atom. The molecule has 2 aliphatic rings. The van der Waals surface area contributed by atoms with Crippen LogP contribution in [0, 0.1) is 5.82 Å². The molecule has 2 N–H and O–H groups in total. The van der Waals surface area contributed by atoms with Crippen LogP contribution in [0.5, 0.6) is 0 Å². The minimum absolute atomic E-state index is 0.0830. The number of hydrogen-bond acceptors (Lipinski definition) is 4. The highest BCUT2D eigenvalue weighted by Gasteiger charge is 2.40. The Kier molecular flexibility index (Phi) is 3.73. The number of nitrogens with two attached hydrogens (primary N) is 1. The van der Waals surface area contributed by atoms with E-state index in [-0.39, 0.29) is 40.7 Å². The van der Waals surface area contributed by atoms with E-state index in [1.54, 1.807) is 0 Å². The van der Waals surface area contributed by atoms with Crippen molar-refractivity contribution < 1.29 is 17.5 Å². The number of nitrogens with zero attached hydrogens (tertiary/aromatic N) is 1. The molecule has 1 aromatic rings. The van der Waals surface area contributed by atoms with Gasteiger partial charge in [-0.15, -0.1) is 0 Å². The van der Waals surface area contributed by atoms with Gasteiger partial charge in [0.25, 0.3) is 0 Å². The van der Waals surface area contributed by atoms with Gasteiger partial charge < -0.3 is 10.5 Å². The zero-order valence-electron chi connectivity index (χ0n) is 11.2. The fourth-order valence-electron chi connectivity index (χ4n) is 2.87. The lowest BCUT2D eigenvalue weighted by Gasteiger charge is -2.31. The first-order valence-corrected chi connectivity index (χ1v) is 8.48. The summed E-state index contributed by atoms with van der Waals surface area (Å²) in [6.07, 6.45) is 1.53. The van der Waals surface area contributed by atoms with E-state index in [4.69, 9.17) is 22.7 Å². The predicted octanol–water partition coefficient (Wildman–Crippen LogP) is 1.01. The number of benzene rings is 1. The summed E-state index contributed by atoms with van der Waals surface area (Å²) in [5.74, 6) is -0.722. The lowest BCUT2D eigenvalue weighted by atomic mass is 10.2. The van der Waals surface area contributed by atoms with Crippen molar-refractivity contribution >= 4 is 27.2 Å². The van der Waals surface area contributed by atoms with E-state index in [2.05, 4.69) is 0 Å². The van der Waals surface area contributed by atoms with Crippen LogP contribution in [0.15, 0.2) is 23.1 Å². The summed E-state index contributed by atoms with van der Waals surface area (Å²) in [6, 6.07) is 3.83. The first-order valence-electron chi connectivity index (χ1n) is 6.63. The van der Waals surface area contributed by atoms with Gasteiger partial charge in [0, 0.05) is 13.1 Å². The zero-order valence-corrected chi connectivity index (χ0v) is 12.8. The van der Waals surface area contributed by atoms with Gasteiger partial charge in [0.05, 0.1) is 22.7 Å². The van der Waals surface area contributed by atoms with Crippen LogP contribution in [0.1, 0.15) is 18.4 Å². The minimum atomic E-state index is -3.84. The molecule has 3 rings (SSSR count). The molecule has 21 heavy (non-hydrogen) atoms. The molecule has 2 aliphatic heterocycles. The number of rotatable bonds is 3. The molecule has 5 nitrogen and oxygen atoms in total. The SMILES string of the molecule is NC(=S)c1c(F)cccc1S(=O)(=O)N1CC2CCC(C1)O2. The van der Waals surface area contributed by atoms with Gasteiger partial charge in [-0.3, -0.25) is 0 Å². The molecule has 0 aromatic heterocycles. The van der Waals surface area contributed by atoms with Gasteiger partial charge in [-0.2, -0.15) is 4.31 Å². The number of morpholine rings is 1. The second-order valence-corrected chi connectivity index (χ2v) is 7.60. The molecular weight excluding hydrogens is 315 g/mol. The van der Waals surface area contributed by atoms with E-state index in [0.29, 0.717) is 0 Å². The molecule has 1 aromatic carbocycles. The van der Waals surface area contributed by atoms with Crippen molar-refractivity contribution in [2.45, 2.75) is 29.9 Å². The van der Waals surface area contributed by atoms with Crippen LogP contribution in [0.2, 0.25) is 0 Å². The van der Waals surface area contributed by atoms with Gasteiger partial charge in [0.2, 0.25) is 10.0 Å². The highest BCUT2D eigenvalue weighted by molar-refractivity contribution is 7.89. The number of halogens is 1. The Bertz CT molecular complexity index is 681. The Morgan fingerprint density at radius 2 is 1.95 bits per heavy atom. The van der Waals surface area contributed by atoms with E-state index < -0.39 is 15.8 Å². The highest BCUT2D eigenvalue weighted by Crippen LogP contribution is 2.31. The Balaban J connectivity index is 2.03. The third-order valence-electron chi connectivity index (χ3n) is 3.85. The van der Waals surface area contributed by atoms with E-state index >= 15 is 0 Å². The first-order chi connectivity index (χ1) is 9.89. The van der Waals surface area contributed by atoms with Crippen molar-refractivity contribution in [1.29, 1.82) is 0 Å². The number of ether oxygens (including phenoxy) is 1. The van der Waals surface area contributed by atoms with E-state index in [1.165, 1.54) is 16.4 Å². The van der Waals surface area contributed by atoms with Gasteiger partial charge >= 0.3 is 0 Å². The summed E-state index contributed by atoms with van der Waals surface area (Å²) >= 11 is 4.80. The van der Waals surface area contributed by atoms with E-state index in [9.17, 15) is 12.8 Å². The van der Waals surface area contributed by atoms with Crippen LogP contribution in [-0.4, -0.2) is 43.0 Å². The summed E-state index contributed by atoms with van der Waals surface area (Å²) in [7, 11) is -3.84. The maximum atomic E-state index is 13.9. The zero-order chi connectivity index (χ0) is 15.2. The summed E-state index contributed by atoms with van der Waals surface area (Å²) in [5.41, 5.74) is 5.28. The summed E-state index contributed by atoms with van der Waals surface area (Å²) in [4.78, 5) is -0.431. The van der Waals surface area contributed by atoms with Crippen LogP contribution in [0.25, 0.3) is 0 Å². The molecule has 0 spiro atoms. The molecule has 2 fully saturated rings. The average Bonchev–Trinajstić information content (AvgIpc) is 2.76. The molecule has 0 saturated carbocycles. The third-order valence-corrected chi connectivity index (χ3v) is 5.93. The second kappa shape index (κ2) is 5.28. The van der Waals surface area contributed by atoms with Crippen molar-refractivity contribution in [2.24, 2.45) is 5.73 Å². The molecule has 0 amide bonds. The minimum Gasteiger partial charge on any atom is -0.389 e. The van der Waals surface area contributed by atoms with E-state index in [0.717, 1.165) is 18.9 Å². The molecule has 2 saturated heterocycles. The lowest BCUT2D eigenvalue weighted by molar-refractivity contribution is -0.0114. The molecule has 8 heteroatoms. The molecular formula is C13H15FN2O3S2. The number of hydrogen-bond donors (Lipinski definition) is 1. The maximum Gasteiger partial charge on any atom is 0.244 e. The number of fused-ring (bicyclic) bond motifs is 2. The van der Waals surface area contributed by atoms with Crippen molar-refractivity contribution in [2.75, 3.05) is 13.1 Å². The Labute approximate surface area is 127 Å². The van der Waals surface area contributed by atoms with Gasteiger partial charge in [-0.1, -0.05) is 18.3 Å². The molecule has 2 atom stereocenters. The normalized spacial score (nSPS) is 26.0. The van der Waals surface area contributed by atoms with Crippen molar-refractivity contribution in [3.8, 4) is 0 Å². The van der Waals surface area contributed by atoms with Crippen LogP contribution in [0.3, 0.4) is 0 Å². The monoisotopic (exact) mass is 330 g/mol. The number of sulfonamides is 1. The highest BCUT2D eigenvalue weighted by atomic mass is 32.2. The summed E-state index contributed by atoms with van der Waals surface area (Å²) in [6.45, 7) is 0.568. The van der Waals surface area contributed by atoms with E-state index in [1.807, 2.05) is 0 Å². The Hall–Kier alpha value is -1.09. The van der Waals surface area contributed by atoms with Crippen LogP contribution < -0.4 is 5.73 Å². The standard InChI is InChI=1S/C13H15FN2O3S2/c14-10-2-1-3-11(12(10)13(15)20)21(17,18)16-6-8-4-5-9(7-16)19-8/h1-3,8-9H,4-7H2,(H2,15,20). The van der Waals surface area contributed by atoms with Crippen LogP contribution in [-0.2, 0) is 14.8 Å². The largest absolute Gasteiger partial charge is 0.389 e. The fraction of sp³-hybridized carbons (Fsp3) is 0.462. The summed E-state index contributed by atoms with van der Waals surface area (Å²) in [5, 5.41) is 0. The van der Waals surface area contributed by atoms with Gasteiger partial charge in [-0.05, 0) is 25.0 Å².